The van der Waals surface area contributed by atoms with E-state index >= 15 is 0 Å². The number of aromatic nitrogens is 1. The van der Waals surface area contributed by atoms with Gasteiger partial charge in [-0.15, -0.1) is 0 Å². The number of carbonyl (C=O) groups is 2. The molecule has 0 aliphatic heterocycles. The highest BCUT2D eigenvalue weighted by atomic mass is 16.2. The quantitative estimate of drug-likeness (QED) is 0.678. The number of carbonyl (C=O) groups excluding carboxylic acids is 2. The Kier molecular flexibility index (Phi) is 5.61. The Morgan fingerprint density at radius 2 is 1.84 bits per heavy atom. The molecule has 1 heterocycles. The minimum absolute atomic E-state index is 0.0740. The maximum atomic E-state index is 12.1. The second-order valence-electron chi connectivity index (χ2n) is 6.12. The Labute approximate surface area is 147 Å². The summed E-state index contributed by atoms with van der Waals surface area (Å²) in [7, 11) is 0. The highest BCUT2D eigenvalue weighted by molar-refractivity contribution is 5.96. The molecule has 0 radical (unpaired) electrons. The molecule has 130 valence electrons. The van der Waals surface area contributed by atoms with Crippen molar-refractivity contribution in [3.8, 4) is 0 Å². The number of pyridine rings is 1. The highest BCUT2D eigenvalue weighted by Gasteiger charge is 2.25. The molecule has 1 aromatic carbocycles. The van der Waals surface area contributed by atoms with E-state index in [1.165, 1.54) is 0 Å². The number of rotatable bonds is 7. The number of amides is 2. The van der Waals surface area contributed by atoms with Crippen molar-refractivity contribution in [2.45, 2.75) is 19.3 Å². The molecular weight excluding hydrogens is 316 g/mol. The number of nitrogens with zero attached hydrogens (tertiary/aromatic N) is 1. The fourth-order valence-electron chi connectivity index (χ4n) is 2.57. The first-order chi connectivity index (χ1) is 12.2. The van der Waals surface area contributed by atoms with E-state index in [9.17, 15) is 9.59 Å². The van der Waals surface area contributed by atoms with Crippen LogP contribution in [0, 0.1) is 5.92 Å². The maximum absolute atomic E-state index is 12.1. The smallest absolute Gasteiger partial charge is 0.251 e. The lowest BCUT2D eigenvalue weighted by Crippen LogP contribution is -2.29. The molecule has 2 amide bonds. The fourth-order valence-corrected chi connectivity index (χ4v) is 2.57. The Bertz CT molecular complexity index is 712. The van der Waals surface area contributed by atoms with Gasteiger partial charge in [0.25, 0.3) is 5.91 Å². The number of anilines is 2. The molecule has 0 bridgehead atoms. The van der Waals surface area contributed by atoms with Gasteiger partial charge >= 0.3 is 0 Å². The normalized spacial score (nSPS) is 13.6. The molecule has 1 saturated carbocycles. The zero-order chi connectivity index (χ0) is 17.5. The van der Waals surface area contributed by atoms with Crippen LogP contribution in [0.5, 0.6) is 0 Å². The summed E-state index contributed by atoms with van der Waals surface area (Å²) in [5, 5.41) is 8.93. The van der Waals surface area contributed by atoms with Crippen LogP contribution in [-0.2, 0) is 4.79 Å². The van der Waals surface area contributed by atoms with Gasteiger partial charge in [0.05, 0.1) is 5.69 Å². The molecule has 3 N–H and O–H groups in total. The van der Waals surface area contributed by atoms with Gasteiger partial charge in [-0.05, 0) is 49.2 Å². The number of benzene rings is 1. The van der Waals surface area contributed by atoms with Gasteiger partial charge in [0.2, 0.25) is 5.91 Å². The molecule has 0 unspecified atom stereocenters. The Hall–Kier alpha value is -2.89. The third kappa shape index (κ3) is 4.79. The van der Waals surface area contributed by atoms with Crippen molar-refractivity contribution in [2.24, 2.45) is 5.92 Å². The third-order valence-electron chi connectivity index (χ3n) is 4.29. The molecule has 0 saturated heterocycles. The standard InChI is InChI=1S/C19H22N4O2/c24-18(22-12-11-21-17-5-2-10-20-13-17)15-6-8-16(9-7-15)23-19(25)14-3-1-4-14/h2,5-10,13-14,21H,1,3-4,11-12H2,(H,22,24)(H,23,25). The van der Waals surface area contributed by atoms with E-state index in [1.54, 1.807) is 36.7 Å². The van der Waals surface area contributed by atoms with Crippen molar-refractivity contribution in [3.63, 3.8) is 0 Å². The lowest BCUT2D eigenvalue weighted by atomic mass is 9.85. The van der Waals surface area contributed by atoms with Gasteiger partial charge in [0, 0.05) is 42.7 Å². The van der Waals surface area contributed by atoms with Gasteiger partial charge in [-0.2, -0.15) is 0 Å². The minimum Gasteiger partial charge on any atom is -0.382 e. The van der Waals surface area contributed by atoms with Crippen molar-refractivity contribution in [3.05, 3.63) is 54.4 Å². The molecule has 0 spiro atoms. The molecule has 1 fully saturated rings. The first-order valence-electron chi connectivity index (χ1n) is 8.55. The number of nitrogens with one attached hydrogen (secondary N) is 3. The largest absolute Gasteiger partial charge is 0.382 e. The zero-order valence-electron chi connectivity index (χ0n) is 14.0. The molecule has 6 nitrogen and oxygen atoms in total. The van der Waals surface area contributed by atoms with Crippen LogP contribution in [0.25, 0.3) is 0 Å². The summed E-state index contributed by atoms with van der Waals surface area (Å²) in [5.74, 6) is 0.0880. The van der Waals surface area contributed by atoms with Gasteiger partial charge in [0.15, 0.2) is 0 Å². The highest BCUT2D eigenvalue weighted by Crippen LogP contribution is 2.27. The third-order valence-corrected chi connectivity index (χ3v) is 4.29. The Morgan fingerprint density at radius 3 is 2.48 bits per heavy atom. The van der Waals surface area contributed by atoms with Crippen molar-refractivity contribution < 1.29 is 9.59 Å². The van der Waals surface area contributed by atoms with Crippen LogP contribution in [0.4, 0.5) is 11.4 Å². The second-order valence-corrected chi connectivity index (χ2v) is 6.12. The van der Waals surface area contributed by atoms with E-state index in [2.05, 4.69) is 20.9 Å². The Morgan fingerprint density at radius 1 is 1.04 bits per heavy atom. The van der Waals surface area contributed by atoms with E-state index in [0.717, 1.165) is 30.6 Å². The summed E-state index contributed by atoms with van der Waals surface area (Å²) in [5.41, 5.74) is 2.22. The van der Waals surface area contributed by atoms with Crippen LogP contribution in [0.2, 0.25) is 0 Å². The van der Waals surface area contributed by atoms with Crippen LogP contribution in [0.3, 0.4) is 0 Å². The maximum Gasteiger partial charge on any atom is 0.251 e. The van der Waals surface area contributed by atoms with E-state index < -0.39 is 0 Å². The molecular formula is C19H22N4O2. The predicted octanol–water partition coefficient (Wildman–Crippen LogP) is 2.66. The van der Waals surface area contributed by atoms with Crippen LogP contribution >= 0.6 is 0 Å². The summed E-state index contributed by atoms with van der Waals surface area (Å²) < 4.78 is 0. The lowest BCUT2D eigenvalue weighted by Gasteiger charge is -2.24. The molecule has 25 heavy (non-hydrogen) atoms. The van der Waals surface area contributed by atoms with E-state index in [0.29, 0.717) is 18.7 Å². The van der Waals surface area contributed by atoms with Gasteiger partial charge in [0.1, 0.15) is 0 Å². The van der Waals surface area contributed by atoms with E-state index in [1.807, 2.05) is 12.1 Å². The molecule has 1 aromatic heterocycles. The summed E-state index contributed by atoms with van der Waals surface area (Å²) in [6.45, 7) is 1.13. The van der Waals surface area contributed by atoms with E-state index in [4.69, 9.17) is 0 Å². The molecule has 3 rings (SSSR count). The minimum atomic E-state index is -0.134. The SMILES string of the molecule is O=C(NCCNc1cccnc1)c1ccc(NC(=O)C2CCC2)cc1. The first kappa shape index (κ1) is 17.0. The van der Waals surface area contributed by atoms with Gasteiger partial charge in [-0.1, -0.05) is 6.42 Å². The van der Waals surface area contributed by atoms with E-state index in [-0.39, 0.29) is 17.7 Å². The summed E-state index contributed by atoms with van der Waals surface area (Å²) in [6, 6.07) is 10.7. The van der Waals surface area contributed by atoms with Gasteiger partial charge < -0.3 is 16.0 Å². The topological polar surface area (TPSA) is 83.1 Å². The van der Waals surface area contributed by atoms with Crippen molar-refractivity contribution in [1.82, 2.24) is 10.3 Å². The first-order valence-corrected chi connectivity index (χ1v) is 8.55. The van der Waals surface area contributed by atoms with Gasteiger partial charge in [-0.3, -0.25) is 14.6 Å². The molecule has 1 aliphatic rings. The van der Waals surface area contributed by atoms with Crippen LogP contribution < -0.4 is 16.0 Å². The molecule has 0 atom stereocenters. The summed E-state index contributed by atoms with van der Waals surface area (Å²) in [6.07, 6.45) is 6.52. The average molecular weight is 338 g/mol. The lowest BCUT2D eigenvalue weighted by molar-refractivity contribution is -0.122. The second kappa shape index (κ2) is 8.28. The molecule has 2 aromatic rings. The predicted molar refractivity (Wildman–Crippen MR) is 97.5 cm³/mol. The fraction of sp³-hybridized carbons (Fsp3) is 0.316. The van der Waals surface area contributed by atoms with Crippen LogP contribution in [0.1, 0.15) is 29.6 Å². The zero-order valence-corrected chi connectivity index (χ0v) is 14.0. The van der Waals surface area contributed by atoms with Crippen LogP contribution in [-0.4, -0.2) is 29.9 Å². The summed E-state index contributed by atoms with van der Waals surface area (Å²) >= 11 is 0. The Balaban J connectivity index is 1.41. The summed E-state index contributed by atoms with van der Waals surface area (Å²) in [4.78, 5) is 28.0. The monoisotopic (exact) mass is 338 g/mol. The van der Waals surface area contributed by atoms with Crippen molar-refractivity contribution in [2.75, 3.05) is 23.7 Å². The molecule has 1 aliphatic carbocycles. The van der Waals surface area contributed by atoms with Crippen molar-refractivity contribution >= 4 is 23.2 Å². The number of hydrogen-bond donors (Lipinski definition) is 3. The van der Waals surface area contributed by atoms with Crippen molar-refractivity contribution in [1.29, 1.82) is 0 Å². The average Bonchev–Trinajstić information content (AvgIpc) is 2.58. The molecule has 6 heteroatoms. The van der Waals surface area contributed by atoms with Crippen LogP contribution in [0.15, 0.2) is 48.8 Å². The number of hydrogen-bond acceptors (Lipinski definition) is 4. The van der Waals surface area contributed by atoms with Gasteiger partial charge in [-0.25, -0.2) is 0 Å².